The Labute approximate surface area is 110 Å². The highest BCUT2D eigenvalue weighted by atomic mass is 32.1. The van der Waals surface area contributed by atoms with Gasteiger partial charge in [0.15, 0.2) is 0 Å². The number of thiophene rings is 1. The summed E-state index contributed by atoms with van der Waals surface area (Å²) in [4.78, 5) is 25.4. The number of carboxylic acids is 1. The molecule has 2 N–H and O–H groups in total. The van der Waals surface area contributed by atoms with Crippen LogP contribution in [0.4, 0.5) is 0 Å². The van der Waals surface area contributed by atoms with Crippen LogP contribution in [0.15, 0.2) is 12.1 Å². The van der Waals surface area contributed by atoms with Crippen LogP contribution in [-0.4, -0.2) is 17.0 Å². The molecule has 0 unspecified atom stereocenters. The molecule has 0 atom stereocenters. The summed E-state index contributed by atoms with van der Waals surface area (Å²) in [5.74, 6) is -1.33. The molecule has 0 radical (unpaired) electrons. The normalized spacial score (nSPS) is 16.9. The quantitative estimate of drug-likeness (QED) is 0.804. The molecule has 98 valence electrons. The highest BCUT2D eigenvalue weighted by molar-refractivity contribution is 7.11. The average molecular weight is 267 g/mol. The van der Waals surface area contributed by atoms with Crippen LogP contribution < -0.4 is 5.32 Å². The number of carbonyl (C=O) groups excluding carboxylic acids is 1. The standard InChI is InChI=1S/C13H17NO3S/c1-2-9-4-5-10(18-9)8-14-11(15)13(12(16)17)6-3-7-13/h4-5H,2-3,6-8H2,1H3,(H,14,15)(H,16,17). The molecule has 18 heavy (non-hydrogen) atoms. The Kier molecular flexibility index (Phi) is 3.71. The Morgan fingerprint density at radius 3 is 2.50 bits per heavy atom. The third-order valence-corrected chi connectivity index (χ3v) is 4.77. The maximum Gasteiger partial charge on any atom is 0.319 e. The van der Waals surface area contributed by atoms with E-state index < -0.39 is 11.4 Å². The molecule has 0 saturated heterocycles. The number of rotatable bonds is 5. The molecule has 1 aromatic rings. The van der Waals surface area contributed by atoms with Gasteiger partial charge in [-0.1, -0.05) is 13.3 Å². The van der Waals surface area contributed by atoms with Crippen molar-refractivity contribution in [3.63, 3.8) is 0 Å². The van der Waals surface area contributed by atoms with E-state index in [0.29, 0.717) is 19.4 Å². The number of aliphatic carboxylic acids is 1. The zero-order valence-corrected chi connectivity index (χ0v) is 11.2. The second-order valence-corrected chi connectivity index (χ2v) is 5.90. The average Bonchev–Trinajstić information content (AvgIpc) is 2.72. The van der Waals surface area contributed by atoms with E-state index in [0.717, 1.165) is 17.7 Å². The van der Waals surface area contributed by atoms with Gasteiger partial charge in [-0.25, -0.2) is 0 Å². The Balaban J connectivity index is 1.93. The Morgan fingerprint density at radius 1 is 1.39 bits per heavy atom. The van der Waals surface area contributed by atoms with Gasteiger partial charge in [-0.15, -0.1) is 11.3 Å². The smallest absolute Gasteiger partial charge is 0.319 e. The molecular formula is C13H17NO3S. The van der Waals surface area contributed by atoms with Crippen LogP contribution in [0.5, 0.6) is 0 Å². The number of hydrogen-bond acceptors (Lipinski definition) is 3. The van der Waals surface area contributed by atoms with Crippen molar-refractivity contribution in [2.75, 3.05) is 0 Å². The molecule has 0 spiro atoms. The lowest BCUT2D eigenvalue weighted by atomic mass is 9.68. The minimum absolute atomic E-state index is 0.340. The predicted molar refractivity (Wildman–Crippen MR) is 69.5 cm³/mol. The van der Waals surface area contributed by atoms with E-state index in [1.807, 2.05) is 12.1 Å². The van der Waals surface area contributed by atoms with Crippen molar-refractivity contribution in [3.8, 4) is 0 Å². The fourth-order valence-corrected chi connectivity index (χ4v) is 3.01. The third kappa shape index (κ3) is 2.27. The second kappa shape index (κ2) is 5.10. The van der Waals surface area contributed by atoms with Crippen LogP contribution in [0.25, 0.3) is 0 Å². The minimum Gasteiger partial charge on any atom is -0.480 e. The molecule has 1 heterocycles. The van der Waals surface area contributed by atoms with Gasteiger partial charge in [-0.3, -0.25) is 9.59 Å². The summed E-state index contributed by atoms with van der Waals surface area (Å²) in [7, 11) is 0. The van der Waals surface area contributed by atoms with E-state index in [2.05, 4.69) is 12.2 Å². The largest absolute Gasteiger partial charge is 0.480 e. The summed E-state index contributed by atoms with van der Waals surface area (Å²) in [6.07, 6.45) is 2.72. The van der Waals surface area contributed by atoms with E-state index in [1.165, 1.54) is 4.88 Å². The van der Waals surface area contributed by atoms with Crippen LogP contribution in [-0.2, 0) is 22.6 Å². The lowest BCUT2D eigenvalue weighted by Gasteiger charge is -2.35. The zero-order chi connectivity index (χ0) is 13.2. The number of hydrogen-bond donors (Lipinski definition) is 2. The van der Waals surface area contributed by atoms with Crippen molar-refractivity contribution in [1.82, 2.24) is 5.32 Å². The molecule has 2 rings (SSSR count). The second-order valence-electron chi connectivity index (χ2n) is 4.65. The van der Waals surface area contributed by atoms with E-state index in [9.17, 15) is 9.59 Å². The summed E-state index contributed by atoms with van der Waals surface area (Å²) < 4.78 is 0. The molecule has 1 aromatic heterocycles. The van der Waals surface area contributed by atoms with Crippen LogP contribution in [0.2, 0.25) is 0 Å². The summed E-state index contributed by atoms with van der Waals surface area (Å²) in [6.45, 7) is 2.51. The third-order valence-electron chi connectivity index (χ3n) is 3.54. The Hall–Kier alpha value is -1.36. The summed E-state index contributed by atoms with van der Waals surface area (Å²) in [6, 6.07) is 4.03. The van der Waals surface area contributed by atoms with E-state index in [-0.39, 0.29) is 5.91 Å². The molecule has 1 aliphatic rings. The van der Waals surface area contributed by atoms with Crippen molar-refractivity contribution in [3.05, 3.63) is 21.9 Å². The molecule has 0 bridgehead atoms. The maximum atomic E-state index is 12.0. The zero-order valence-electron chi connectivity index (χ0n) is 10.4. The van der Waals surface area contributed by atoms with Crippen molar-refractivity contribution in [2.24, 2.45) is 5.41 Å². The SMILES string of the molecule is CCc1ccc(CNC(=O)C2(C(=O)O)CCC2)s1. The van der Waals surface area contributed by atoms with Gasteiger partial charge in [0.25, 0.3) is 0 Å². The molecule has 0 aliphatic heterocycles. The highest BCUT2D eigenvalue weighted by Gasteiger charge is 2.50. The van der Waals surface area contributed by atoms with Gasteiger partial charge in [-0.05, 0) is 31.4 Å². The van der Waals surface area contributed by atoms with E-state index >= 15 is 0 Å². The monoisotopic (exact) mass is 267 g/mol. The number of carbonyl (C=O) groups is 2. The number of nitrogens with one attached hydrogen (secondary N) is 1. The molecule has 1 fully saturated rings. The first-order valence-corrected chi connectivity index (χ1v) is 6.99. The lowest BCUT2D eigenvalue weighted by Crippen LogP contribution is -2.50. The van der Waals surface area contributed by atoms with Crippen molar-refractivity contribution in [2.45, 2.75) is 39.2 Å². The van der Waals surface area contributed by atoms with Crippen LogP contribution in [0.3, 0.4) is 0 Å². The topological polar surface area (TPSA) is 66.4 Å². The molecule has 0 aromatic carbocycles. The number of aryl methyl sites for hydroxylation is 1. The van der Waals surface area contributed by atoms with Gasteiger partial charge >= 0.3 is 5.97 Å². The van der Waals surface area contributed by atoms with Gasteiger partial charge in [0.05, 0.1) is 6.54 Å². The van der Waals surface area contributed by atoms with Gasteiger partial charge in [0.2, 0.25) is 5.91 Å². The first-order valence-electron chi connectivity index (χ1n) is 6.18. The van der Waals surface area contributed by atoms with Crippen LogP contribution in [0, 0.1) is 5.41 Å². The van der Waals surface area contributed by atoms with E-state index in [4.69, 9.17) is 5.11 Å². The number of carboxylic acid groups (broad SMARTS) is 1. The van der Waals surface area contributed by atoms with Crippen LogP contribution >= 0.6 is 11.3 Å². The molecule has 1 amide bonds. The Bertz CT molecular complexity index is 463. The first-order chi connectivity index (χ1) is 8.58. The van der Waals surface area contributed by atoms with Crippen molar-refractivity contribution in [1.29, 1.82) is 0 Å². The lowest BCUT2D eigenvalue weighted by molar-refractivity contribution is -0.162. The molecule has 1 aliphatic carbocycles. The fourth-order valence-electron chi connectivity index (χ4n) is 2.11. The van der Waals surface area contributed by atoms with Gasteiger partial charge in [0, 0.05) is 9.75 Å². The molecular weight excluding hydrogens is 250 g/mol. The van der Waals surface area contributed by atoms with Crippen molar-refractivity contribution < 1.29 is 14.7 Å². The maximum absolute atomic E-state index is 12.0. The summed E-state index contributed by atoms with van der Waals surface area (Å²) >= 11 is 1.66. The molecule has 4 nitrogen and oxygen atoms in total. The van der Waals surface area contributed by atoms with Crippen LogP contribution in [0.1, 0.15) is 35.9 Å². The molecule has 5 heteroatoms. The van der Waals surface area contributed by atoms with Gasteiger partial charge < -0.3 is 10.4 Å². The fraction of sp³-hybridized carbons (Fsp3) is 0.538. The predicted octanol–water partition coefficient (Wildman–Crippen LogP) is 2.18. The minimum atomic E-state index is -1.16. The molecule has 1 saturated carbocycles. The van der Waals surface area contributed by atoms with Crippen molar-refractivity contribution >= 4 is 23.2 Å². The van der Waals surface area contributed by atoms with Gasteiger partial charge in [-0.2, -0.15) is 0 Å². The number of amides is 1. The summed E-state index contributed by atoms with van der Waals surface area (Å²) in [5.41, 5.74) is -1.16. The Morgan fingerprint density at radius 2 is 2.06 bits per heavy atom. The van der Waals surface area contributed by atoms with Gasteiger partial charge in [0.1, 0.15) is 5.41 Å². The van der Waals surface area contributed by atoms with E-state index in [1.54, 1.807) is 11.3 Å². The summed E-state index contributed by atoms with van der Waals surface area (Å²) in [5, 5.41) is 11.9. The first kappa shape index (κ1) is 13.1. The highest BCUT2D eigenvalue weighted by Crippen LogP contribution is 2.41.